The van der Waals surface area contributed by atoms with Gasteiger partial charge in [-0.25, -0.2) is 0 Å². The van der Waals surface area contributed by atoms with Crippen LogP contribution in [-0.2, 0) is 0 Å². The van der Waals surface area contributed by atoms with E-state index in [0.717, 1.165) is 0 Å². The van der Waals surface area contributed by atoms with Crippen molar-refractivity contribution in [3.05, 3.63) is 35.4 Å². The van der Waals surface area contributed by atoms with E-state index in [-0.39, 0.29) is 5.78 Å². The molecule has 4 heteroatoms. The van der Waals surface area contributed by atoms with E-state index in [1.54, 1.807) is 24.3 Å². The first kappa shape index (κ1) is 18.1. The quantitative estimate of drug-likeness (QED) is 0.807. The maximum absolute atomic E-state index is 12.4. The number of rotatable bonds is 6. The van der Waals surface area contributed by atoms with Crippen molar-refractivity contribution in [1.82, 2.24) is 10.2 Å². The van der Waals surface area contributed by atoms with Crippen LogP contribution < -0.4 is 5.32 Å². The summed E-state index contributed by atoms with van der Waals surface area (Å²) in [5, 5.41) is 12.4. The van der Waals surface area contributed by atoms with Crippen molar-refractivity contribution in [1.29, 1.82) is 5.26 Å². The third-order valence-electron chi connectivity index (χ3n) is 5.71. The smallest absolute Gasteiger partial charge is 0.176 e. The summed E-state index contributed by atoms with van der Waals surface area (Å²) in [6.07, 6.45) is 9.09. The van der Waals surface area contributed by atoms with Crippen molar-refractivity contribution >= 4 is 5.78 Å². The van der Waals surface area contributed by atoms with Crippen LogP contribution in [0.5, 0.6) is 0 Å². The van der Waals surface area contributed by atoms with Gasteiger partial charge in [-0.1, -0.05) is 31.4 Å². The number of nitrogens with zero attached hydrogens (tertiary/aromatic N) is 2. The van der Waals surface area contributed by atoms with E-state index < -0.39 is 0 Å². The summed E-state index contributed by atoms with van der Waals surface area (Å²) in [6, 6.07) is 9.49. The molecule has 0 amide bonds. The van der Waals surface area contributed by atoms with E-state index in [4.69, 9.17) is 5.26 Å². The number of hydrogen-bond acceptors (Lipinski definition) is 4. The fourth-order valence-electron chi connectivity index (χ4n) is 4.23. The van der Waals surface area contributed by atoms with Gasteiger partial charge in [0.05, 0.1) is 18.2 Å². The molecule has 4 nitrogen and oxygen atoms in total. The maximum atomic E-state index is 12.4. The Balaban J connectivity index is 1.52. The molecule has 0 unspecified atom stereocenters. The summed E-state index contributed by atoms with van der Waals surface area (Å²) in [4.78, 5) is 15.0. The maximum Gasteiger partial charge on any atom is 0.176 e. The normalized spacial score (nSPS) is 24.6. The van der Waals surface area contributed by atoms with Crippen LogP contribution in [0.25, 0.3) is 0 Å². The molecule has 1 aromatic carbocycles. The van der Waals surface area contributed by atoms with Crippen LogP contribution in [0.15, 0.2) is 24.3 Å². The summed E-state index contributed by atoms with van der Waals surface area (Å²) in [5.74, 6) is 0.785. The van der Waals surface area contributed by atoms with E-state index in [1.807, 2.05) is 0 Å². The zero-order valence-electron chi connectivity index (χ0n) is 15.0. The molecule has 0 bridgehead atoms. The van der Waals surface area contributed by atoms with Gasteiger partial charge in [0.2, 0.25) is 0 Å². The Bertz CT molecular complexity index is 599. The summed E-state index contributed by atoms with van der Waals surface area (Å²) in [6.45, 7) is 4.07. The Morgan fingerprint density at radius 3 is 2.52 bits per heavy atom. The highest BCUT2D eigenvalue weighted by atomic mass is 16.1. The van der Waals surface area contributed by atoms with Crippen molar-refractivity contribution in [3.8, 4) is 6.07 Å². The number of carbonyl (C=O) groups excluding carboxylic acids is 1. The number of nitriles is 1. The number of benzene rings is 1. The van der Waals surface area contributed by atoms with Crippen LogP contribution in [0.3, 0.4) is 0 Å². The average molecular weight is 339 g/mol. The zero-order valence-corrected chi connectivity index (χ0v) is 15.0. The number of Topliss-reactive ketones (excluding diaryl/α,β-unsaturated/α-hetero) is 1. The SMILES string of the molecule is N#Cc1ccc(C(=O)CN[C@@H]2CCCC[C@H]2CN2CCCCC2)cc1. The van der Waals surface area contributed by atoms with Crippen LogP contribution in [-0.4, -0.2) is 42.9 Å². The molecule has 1 heterocycles. The number of nitrogens with one attached hydrogen (secondary N) is 1. The molecule has 2 fully saturated rings. The first-order valence-corrected chi connectivity index (χ1v) is 9.75. The molecule has 25 heavy (non-hydrogen) atoms. The van der Waals surface area contributed by atoms with E-state index in [2.05, 4.69) is 16.3 Å². The largest absolute Gasteiger partial charge is 0.307 e. The molecular weight excluding hydrogens is 310 g/mol. The molecule has 1 aliphatic heterocycles. The predicted molar refractivity (Wildman–Crippen MR) is 99.5 cm³/mol. The van der Waals surface area contributed by atoms with Crippen LogP contribution in [0.2, 0.25) is 0 Å². The molecule has 0 aromatic heterocycles. The van der Waals surface area contributed by atoms with Crippen molar-refractivity contribution in [2.24, 2.45) is 5.92 Å². The summed E-state index contributed by atoms with van der Waals surface area (Å²) < 4.78 is 0. The molecule has 3 rings (SSSR count). The Morgan fingerprint density at radius 2 is 1.80 bits per heavy atom. The van der Waals surface area contributed by atoms with Gasteiger partial charge in [0.25, 0.3) is 0 Å². The predicted octanol–water partition coefficient (Wildman–Crippen LogP) is 3.38. The van der Waals surface area contributed by atoms with E-state index >= 15 is 0 Å². The van der Waals surface area contributed by atoms with Gasteiger partial charge in [0.1, 0.15) is 0 Å². The van der Waals surface area contributed by atoms with Crippen molar-refractivity contribution in [2.75, 3.05) is 26.2 Å². The van der Waals surface area contributed by atoms with Crippen molar-refractivity contribution in [2.45, 2.75) is 51.0 Å². The Hall–Kier alpha value is -1.70. The molecule has 1 saturated carbocycles. The molecular formula is C21H29N3O. The van der Waals surface area contributed by atoms with E-state index in [1.165, 1.54) is 64.6 Å². The number of likely N-dealkylation sites (tertiary alicyclic amines) is 1. The summed E-state index contributed by atoms with van der Waals surface area (Å²) in [5.41, 5.74) is 1.29. The highest BCUT2D eigenvalue weighted by Gasteiger charge is 2.27. The second-order valence-electron chi connectivity index (χ2n) is 7.51. The molecule has 2 aliphatic rings. The molecule has 0 radical (unpaired) electrons. The Labute approximate surface area is 151 Å². The molecule has 1 saturated heterocycles. The van der Waals surface area contributed by atoms with Gasteiger partial charge in [-0.3, -0.25) is 4.79 Å². The molecule has 0 spiro atoms. The lowest BCUT2D eigenvalue weighted by Gasteiger charge is -2.37. The van der Waals surface area contributed by atoms with Crippen LogP contribution >= 0.6 is 0 Å². The minimum Gasteiger partial charge on any atom is -0.307 e. The van der Waals surface area contributed by atoms with Gasteiger partial charge in [-0.15, -0.1) is 0 Å². The Morgan fingerprint density at radius 1 is 1.08 bits per heavy atom. The van der Waals surface area contributed by atoms with Gasteiger partial charge in [-0.2, -0.15) is 5.26 Å². The first-order valence-electron chi connectivity index (χ1n) is 9.75. The molecule has 1 aromatic rings. The number of piperidine rings is 1. The lowest BCUT2D eigenvalue weighted by atomic mass is 9.83. The fraction of sp³-hybridized carbons (Fsp3) is 0.619. The van der Waals surface area contributed by atoms with Crippen LogP contribution in [0.4, 0.5) is 0 Å². The lowest BCUT2D eigenvalue weighted by Crippen LogP contribution is -2.46. The number of carbonyl (C=O) groups is 1. The third-order valence-corrected chi connectivity index (χ3v) is 5.71. The Kier molecular flexibility index (Phi) is 6.61. The van der Waals surface area contributed by atoms with Gasteiger partial charge < -0.3 is 10.2 Å². The van der Waals surface area contributed by atoms with Gasteiger partial charge in [0, 0.05) is 18.2 Å². The number of ketones is 1. The summed E-state index contributed by atoms with van der Waals surface area (Å²) in [7, 11) is 0. The minimum atomic E-state index is 0.117. The van der Waals surface area contributed by atoms with E-state index in [0.29, 0.717) is 29.6 Å². The highest BCUT2D eigenvalue weighted by Crippen LogP contribution is 2.26. The zero-order chi connectivity index (χ0) is 17.5. The molecule has 1 aliphatic carbocycles. The molecule has 2 atom stereocenters. The first-order chi connectivity index (χ1) is 12.3. The lowest BCUT2D eigenvalue weighted by molar-refractivity contribution is 0.0969. The number of hydrogen-bond donors (Lipinski definition) is 1. The van der Waals surface area contributed by atoms with Crippen molar-refractivity contribution < 1.29 is 4.79 Å². The summed E-state index contributed by atoms with van der Waals surface area (Å²) >= 11 is 0. The van der Waals surface area contributed by atoms with Gasteiger partial charge in [-0.05, 0) is 56.8 Å². The van der Waals surface area contributed by atoms with E-state index in [9.17, 15) is 4.79 Å². The highest BCUT2D eigenvalue weighted by molar-refractivity contribution is 5.97. The third kappa shape index (κ3) is 5.14. The van der Waals surface area contributed by atoms with Gasteiger partial charge in [0.15, 0.2) is 5.78 Å². The second kappa shape index (κ2) is 9.12. The topological polar surface area (TPSA) is 56.1 Å². The average Bonchev–Trinajstić information content (AvgIpc) is 2.68. The fourth-order valence-corrected chi connectivity index (χ4v) is 4.23. The monoisotopic (exact) mass is 339 g/mol. The molecule has 1 N–H and O–H groups in total. The van der Waals surface area contributed by atoms with Crippen LogP contribution in [0, 0.1) is 17.2 Å². The minimum absolute atomic E-state index is 0.117. The van der Waals surface area contributed by atoms with Crippen molar-refractivity contribution in [3.63, 3.8) is 0 Å². The van der Waals surface area contributed by atoms with Crippen LogP contribution in [0.1, 0.15) is 60.9 Å². The standard InChI is InChI=1S/C21H29N3O/c22-14-17-8-10-18(11-9-17)21(25)15-23-20-7-3-2-6-19(20)16-24-12-4-1-5-13-24/h8-11,19-20,23H,1-7,12-13,15-16H2/t19-,20+/m0/s1. The molecule has 134 valence electrons. The second-order valence-corrected chi connectivity index (χ2v) is 7.51. The van der Waals surface area contributed by atoms with Gasteiger partial charge >= 0.3 is 0 Å².